The van der Waals surface area contributed by atoms with Crippen LogP contribution in [0, 0.1) is 6.92 Å². The van der Waals surface area contributed by atoms with Crippen molar-refractivity contribution in [2.75, 3.05) is 6.54 Å². The molecule has 1 aromatic heterocycles. The highest BCUT2D eigenvalue weighted by atomic mass is 32.1. The first-order chi connectivity index (χ1) is 8.29. The van der Waals surface area contributed by atoms with Crippen LogP contribution in [0.2, 0.25) is 0 Å². The van der Waals surface area contributed by atoms with Crippen LogP contribution in [0.5, 0.6) is 0 Å². The molecule has 1 atom stereocenters. The summed E-state index contributed by atoms with van der Waals surface area (Å²) in [7, 11) is 0. The molecule has 0 amide bonds. The first-order valence-corrected chi connectivity index (χ1v) is 6.59. The Bertz CT molecular complexity index is 436. The smallest absolute Gasteiger partial charge is 0.0915 e. The lowest BCUT2D eigenvalue weighted by Gasteiger charge is -2.15. The Balaban J connectivity index is 2.10. The summed E-state index contributed by atoms with van der Waals surface area (Å²) in [4.78, 5) is 0. The monoisotopic (exact) mass is 247 g/mol. The van der Waals surface area contributed by atoms with Crippen LogP contribution in [-0.2, 0) is 6.42 Å². The molecule has 0 aliphatic rings. The van der Waals surface area contributed by atoms with Crippen molar-refractivity contribution in [2.45, 2.75) is 26.3 Å². The number of aryl methyl sites for hydroxylation is 1. The molecule has 4 heteroatoms. The fraction of sp³-hybridized carbons (Fsp3) is 0.385. The maximum Gasteiger partial charge on any atom is 0.0915 e. The summed E-state index contributed by atoms with van der Waals surface area (Å²) >= 11 is 1.27. The number of nitrogens with one attached hydrogen (secondary N) is 1. The maximum atomic E-state index is 4.32. The summed E-state index contributed by atoms with van der Waals surface area (Å²) < 4.78 is 8.39. The quantitative estimate of drug-likeness (QED) is 0.883. The Kier molecular flexibility index (Phi) is 4.23. The summed E-state index contributed by atoms with van der Waals surface area (Å²) in [5.41, 5.74) is 3.66. The van der Waals surface area contributed by atoms with Gasteiger partial charge < -0.3 is 5.32 Å². The van der Waals surface area contributed by atoms with Gasteiger partial charge >= 0.3 is 0 Å². The third-order valence-electron chi connectivity index (χ3n) is 2.75. The average Bonchev–Trinajstić information content (AvgIpc) is 2.85. The van der Waals surface area contributed by atoms with Gasteiger partial charge in [0, 0.05) is 0 Å². The second-order valence-electron chi connectivity index (χ2n) is 4.13. The minimum Gasteiger partial charge on any atom is -0.309 e. The van der Waals surface area contributed by atoms with Crippen molar-refractivity contribution >= 4 is 11.7 Å². The summed E-state index contributed by atoms with van der Waals surface area (Å²) in [6.45, 7) is 5.16. The molecule has 0 fully saturated rings. The van der Waals surface area contributed by atoms with Gasteiger partial charge in [0.1, 0.15) is 0 Å². The van der Waals surface area contributed by atoms with Gasteiger partial charge in [0.25, 0.3) is 0 Å². The molecule has 2 aromatic rings. The van der Waals surface area contributed by atoms with Gasteiger partial charge in [0.05, 0.1) is 29.7 Å². The highest BCUT2D eigenvalue weighted by Gasteiger charge is 2.13. The molecule has 0 aliphatic heterocycles. The average molecular weight is 247 g/mol. The van der Waals surface area contributed by atoms with Crippen molar-refractivity contribution in [3.8, 4) is 0 Å². The number of nitrogens with zero attached hydrogens (tertiary/aromatic N) is 2. The van der Waals surface area contributed by atoms with E-state index in [1.165, 1.54) is 22.9 Å². The van der Waals surface area contributed by atoms with Crippen molar-refractivity contribution in [1.82, 2.24) is 14.1 Å². The molecule has 0 saturated carbocycles. The largest absolute Gasteiger partial charge is 0.309 e. The Labute approximate surface area is 106 Å². The maximum absolute atomic E-state index is 4.32. The Morgan fingerprint density at radius 1 is 1.29 bits per heavy atom. The van der Waals surface area contributed by atoms with Crippen LogP contribution < -0.4 is 5.32 Å². The molecule has 0 radical (unpaired) electrons. The van der Waals surface area contributed by atoms with Crippen LogP contribution >= 0.6 is 11.7 Å². The van der Waals surface area contributed by atoms with Crippen molar-refractivity contribution in [2.24, 2.45) is 0 Å². The number of aromatic nitrogens is 2. The number of rotatable bonds is 5. The van der Waals surface area contributed by atoms with Crippen LogP contribution in [0.3, 0.4) is 0 Å². The van der Waals surface area contributed by atoms with E-state index >= 15 is 0 Å². The highest BCUT2D eigenvalue weighted by molar-refractivity contribution is 6.99. The van der Waals surface area contributed by atoms with E-state index in [4.69, 9.17) is 0 Å². The predicted molar refractivity (Wildman–Crippen MR) is 71.2 cm³/mol. The second kappa shape index (κ2) is 5.89. The molecule has 1 heterocycles. The number of hydrogen-bond acceptors (Lipinski definition) is 4. The Morgan fingerprint density at radius 2 is 2.06 bits per heavy atom. The van der Waals surface area contributed by atoms with Crippen LogP contribution in [0.15, 0.2) is 30.5 Å². The highest BCUT2D eigenvalue weighted by Crippen LogP contribution is 2.17. The standard InChI is InChI=1S/C13H17N3S/c1-3-14-12(13-9-15-17-16-13)8-11-6-4-10(2)5-7-11/h4-7,9,12,14H,3,8H2,1-2H3. The third kappa shape index (κ3) is 3.35. The van der Waals surface area contributed by atoms with Gasteiger partial charge in [-0.2, -0.15) is 8.75 Å². The van der Waals surface area contributed by atoms with E-state index < -0.39 is 0 Å². The zero-order valence-corrected chi connectivity index (χ0v) is 11.0. The zero-order valence-electron chi connectivity index (χ0n) is 10.2. The second-order valence-corrected chi connectivity index (χ2v) is 4.69. The molecule has 3 nitrogen and oxygen atoms in total. The lowest BCUT2D eigenvalue weighted by atomic mass is 10.0. The van der Waals surface area contributed by atoms with Gasteiger partial charge in [-0.25, -0.2) is 0 Å². The Hall–Kier alpha value is -1.26. The lowest BCUT2D eigenvalue weighted by molar-refractivity contribution is 0.540. The van der Waals surface area contributed by atoms with E-state index in [0.717, 1.165) is 18.7 Å². The van der Waals surface area contributed by atoms with Gasteiger partial charge in [0.15, 0.2) is 0 Å². The normalized spacial score (nSPS) is 12.6. The van der Waals surface area contributed by atoms with Gasteiger partial charge in [-0.15, -0.1) is 0 Å². The summed E-state index contributed by atoms with van der Waals surface area (Å²) in [6, 6.07) is 8.93. The van der Waals surface area contributed by atoms with Crippen molar-refractivity contribution < 1.29 is 0 Å². The third-order valence-corrected chi connectivity index (χ3v) is 3.24. The number of benzene rings is 1. The molecule has 2 rings (SSSR count). The first-order valence-electron chi connectivity index (χ1n) is 5.86. The van der Waals surface area contributed by atoms with Crippen LogP contribution in [0.1, 0.15) is 29.8 Å². The predicted octanol–water partition coefficient (Wildman–Crippen LogP) is 2.74. The minimum atomic E-state index is 0.265. The van der Waals surface area contributed by atoms with Crippen molar-refractivity contribution in [1.29, 1.82) is 0 Å². The summed E-state index contributed by atoms with van der Waals surface area (Å²) in [6.07, 6.45) is 2.81. The molecule has 0 bridgehead atoms. The molecular formula is C13H17N3S. The van der Waals surface area contributed by atoms with Gasteiger partial charge in [0.2, 0.25) is 0 Å². The van der Waals surface area contributed by atoms with E-state index in [1.54, 1.807) is 0 Å². The topological polar surface area (TPSA) is 37.8 Å². The first kappa shape index (κ1) is 12.2. The fourth-order valence-corrected chi connectivity index (χ4v) is 2.28. The van der Waals surface area contributed by atoms with Crippen LogP contribution in [0.25, 0.3) is 0 Å². The minimum absolute atomic E-state index is 0.265. The molecular weight excluding hydrogens is 230 g/mol. The van der Waals surface area contributed by atoms with Crippen molar-refractivity contribution in [3.63, 3.8) is 0 Å². The van der Waals surface area contributed by atoms with E-state index in [1.807, 2.05) is 6.20 Å². The zero-order chi connectivity index (χ0) is 12.1. The van der Waals surface area contributed by atoms with E-state index in [0.29, 0.717) is 0 Å². The summed E-state index contributed by atoms with van der Waals surface area (Å²) in [5, 5.41) is 3.45. The van der Waals surface area contributed by atoms with Gasteiger partial charge in [-0.1, -0.05) is 36.8 Å². The number of likely N-dealkylation sites (N-methyl/N-ethyl adjacent to an activating group) is 1. The van der Waals surface area contributed by atoms with Gasteiger partial charge in [-0.3, -0.25) is 0 Å². The van der Waals surface area contributed by atoms with Crippen molar-refractivity contribution in [3.05, 3.63) is 47.3 Å². The number of hydrogen-bond donors (Lipinski definition) is 1. The molecule has 17 heavy (non-hydrogen) atoms. The molecule has 1 N–H and O–H groups in total. The van der Waals surface area contributed by atoms with E-state index in [9.17, 15) is 0 Å². The molecule has 1 unspecified atom stereocenters. The van der Waals surface area contributed by atoms with E-state index in [-0.39, 0.29) is 6.04 Å². The van der Waals surface area contributed by atoms with Crippen LogP contribution in [-0.4, -0.2) is 15.3 Å². The fourth-order valence-electron chi connectivity index (χ4n) is 1.81. The molecule has 90 valence electrons. The molecule has 0 aliphatic carbocycles. The van der Waals surface area contributed by atoms with E-state index in [2.05, 4.69) is 52.2 Å². The molecule has 0 saturated heterocycles. The molecule has 1 aromatic carbocycles. The van der Waals surface area contributed by atoms with Gasteiger partial charge in [-0.05, 0) is 25.5 Å². The SMILES string of the molecule is CCNC(Cc1ccc(C)cc1)c1cnsn1. The lowest BCUT2D eigenvalue weighted by Crippen LogP contribution is -2.23. The summed E-state index contributed by atoms with van der Waals surface area (Å²) in [5.74, 6) is 0. The Morgan fingerprint density at radius 3 is 2.65 bits per heavy atom. The molecule has 0 spiro atoms. The van der Waals surface area contributed by atoms with Crippen LogP contribution in [0.4, 0.5) is 0 Å².